The average molecular weight is 247 g/mol. The highest BCUT2D eigenvalue weighted by Crippen LogP contribution is 2.27. The van der Waals surface area contributed by atoms with Crippen LogP contribution < -0.4 is 10.5 Å². The summed E-state index contributed by atoms with van der Waals surface area (Å²) in [5.41, 5.74) is 7.08. The van der Waals surface area contributed by atoms with Gasteiger partial charge in [0.15, 0.2) is 0 Å². The number of hydrogen-bond donors (Lipinski definition) is 1. The molecule has 0 spiro atoms. The zero-order valence-electron chi connectivity index (χ0n) is 11.6. The predicted molar refractivity (Wildman–Crippen MR) is 76.0 cm³/mol. The fraction of sp³-hybridized carbons (Fsp3) is 0.625. The van der Waals surface area contributed by atoms with E-state index in [4.69, 9.17) is 10.5 Å². The summed E-state index contributed by atoms with van der Waals surface area (Å²) in [6.45, 7) is 5.25. The third-order valence-electron chi connectivity index (χ3n) is 3.98. The van der Waals surface area contributed by atoms with Gasteiger partial charge in [-0.1, -0.05) is 26.0 Å². The zero-order chi connectivity index (χ0) is 13.0. The number of ether oxygens (including phenoxy) is 1. The largest absolute Gasteiger partial charge is 0.490 e. The maximum atomic E-state index is 6.04. The van der Waals surface area contributed by atoms with E-state index in [1.54, 1.807) is 0 Å². The summed E-state index contributed by atoms with van der Waals surface area (Å²) in [7, 11) is 0. The summed E-state index contributed by atoms with van der Waals surface area (Å²) in [5.74, 6) is 2.31. The molecule has 1 aromatic rings. The first-order valence-corrected chi connectivity index (χ1v) is 7.15. The summed E-state index contributed by atoms with van der Waals surface area (Å²) in [6.07, 6.45) is 5.11. The van der Waals surface area contributed by atoms with Gasteiger partial charge in [0.1, 0.15) is 5.75 Å². The van der Waals surface area contributed by atoms with Crippen molar-refractivity contribution in [3.8, 4) is 5.75 Å². The molecule has 2 heteroatoms. The van der Waals surface area contributed by atoms with Crippen molar-refractivity contribution < 1.29 is 4.74 Å². The lowest BCUT2D eigenvalue weighted by Gasteiger charge is -2.28. The van der Waals surface area contributed by atoms with Gasteiger partial charge in [0, 0.05) is 0 Å². The molecule has 0 unspecified atom stereocenters. The molecule has 0 bridgehead atoms. The van der Waals surface area contributed by atoms with Gasteiger partial charge in [0.2, 0.25) is 0 Å². The number of hydrogen-bond acceptors (Lipinski definition) is 2. The molecule has 0 aromatic heterocycles. The summed E-state index contributed by atoms with van der Waals surface area (Å²) in [5, 5.41) is 0. The lowest BCUT2D eigenvalue weighted by molar-refractivity contribution is 0.133. The van der Waals surface area contributed by atoms with Crippen molar-refractivity contribution in [2.24, 2.45) is 11.7 Å². The van der Waals surface area contributed by atoms with Gasteiger partial charge < -0.3 is 10.5 Å². The Kier molecular flexibility index (Phi) is 4.65. The molecule has 0 heterocycles. The molecule has 0 amide bonds. The molecule has 0 radical (unpaired) electrons. The Labute approximate surface area is 111 Å². The van der Waals surface area contributed by atoms with Gasteiger partial charge in [-0.25, -0.2) is 0 Å². The molecule has 1 aromatic carbocycles. The van der Waals surface area contributed by atoms with Gasteiger partial charge in [-0.05, 0) is 61.8 Å². The topological polar surface area (TPSA) is 35.2 Å². The SMILES string of the molecule is CC(C)c1ccc(OC2CCC(CN)CC2)cc1. The van der Waals surface area contributed by atoms with Crippen LogP contribution in [-0.2, 0) is 0 Å². The van der Waals surface area contributed by atoms with Gasteiger partial charge in [-0.3, -0.25) is 0 Å². The molecule has 0 atom stereocenters. The quantitative estimate of drug-likeness (QED) is 0.880. The first kappa shape index (κ1) is 13.4. The highest BCUT2D eigenvalue weighted by Gasteiger charge is 2.21. The van der Waals surface area contributed by atoms with Crippen LogP contribution >= 0.6 is 0 Å². The molecule has 1 saturated carbocycles. The lowest BCUT2D eigenvalue weighted by Crippen LogP contribution is -2.27. The molecule has 0 aliphatic heterocycles. The molecule has 1 aliphatic rings. The van der Waals surface area contributed by atoms with E-state index in [1.165, 1.54) is 18.4 Å². The molecule has 2 nitrogen and oxygen atoms in total. The van der Waals surface area contributed by atoms with Crippen molar-refractivity contribution in [2.45, 2.75) is 51.6 Å². The zero-order valence-corrected chi connectivity index (χ0v) is 11.6. The van der Waals surface area contributed by atoms with E-state index in [0.29, 0.717) is 17.9 Å². The van der Waals surface area contributed by atoms with Crippen LogP contribution in [0.3, 0.4) is 0 Å². The summed E-state index contributed by atoms with van der Waals surface area (Å²) < 4.78 is 6.04. The Bertz CT molecular complexity index is 350. The minimum Gasteiger partial charge on any atom is -0.490 e. The minimum absolute atomic E-state index is 0.387. The third-order valence-corrected chi connectivity index (χ3v) is 3.98. The van der Waals surface area contributed by atoms with Crippen molar-refractivity contribution in [3.05, 3.63) is 29.8 Å². The van der Waals surface area contributed by atoms with Crippen LogP contribution in [0.5, 0.6) is 5.75 Å². The molecule has 2 rings (SSSR count). The average Bonchev–Trinajstić information content (AvgIpc) is 2.40. The molecular formula is C16H25NO. The molecule has 1 aliphatic carbocycles. The molecule has 1 fully saturated rings. The predicted octanol–water partition coefficient (Wildman–Crippen LogP) is 3.71. The Balaban J connectivity index is 1.86. The van der Waals surface area contributed by atoms with E-state index in [1.807, 2.05) is 0 Å². The van der Waals surface area contributed by atoms with E-state index >= 15 is 0 Å². The summed E-state index contributed by atoms with van der Waals surface area (Å²) in [6, 6.07) is 8.55. The Morgan fingerprint density at radius 1 is 1.11 bits per heavy atom. The van der Waals surface area contributed by atoms with Gasteiger partial charge in [0.25, 0.3) is 0 Å². The van der Waals surface area contributed by atoms with Crippen molar-refractivity contribution in [1.82, 2.24) is 0 Å². The van der Waals surface area contributed by atoms with Crippen LogP contribution in [0, 0.1) is 5.92 Å². The fourth-order valence-electron chi connectivity index (χ4n) is 2.61. The standard InChI is InChI=1S/C16H25NO/c1-12(2)14-5-9-16(10-6-14)18-15-7-3-13(11-17)4-8-15/h5-6,9-10,12-13,15H,3-4,7-8,11,17H2,1-2H3. The number of nitrogens with two attached hydrogens (primary N) is 1. The maximum Gasteiger partial charge on any atom is 0.119 e. The Morgan fingerprint density at radius 2 is 1.72 bits per heavy atom. The minimum atomic E-state index is 0.387. The third kappa shape index (κ3) is 3.49. The first-order chi connectivity index (χ1) is 8.69. The second-order valence-corrected chi connectivity index (χ2v) is 5.72. The van der Waals surface area contributed by atoms with E-state index in [9.17, 15) is 0 Å². The van der Waals surface area contributed by atoms with E-state index in [2.05, 4.69) is 38.1 Å². The van der Waals surface area contributed by atoms with Gasteiger partial charge in [-0.15, -0.1) is 0 Å². The molecule has 2 N–H and O–H groups in total. The van der Waals surface area contributed by atoms with E-state index in [0.717, 1.165) is 25.1 Å². The van der Waals surface area contributed by atoms with Crippen LogP contribution in [0.15, 0.2) is 24.3 Å². The van der Waals surface area contributed by atoms with Crippen molar-refractivity contribution >= 4 is 0 Å². The molecule has 18 heavy (non-hydrogen) atoms. The van der Waals surface area contributed by atoms with Gasteiger partial charge >= 0.3 is 0 Å². The highest BCUT2D eigenvalue weighted by molar-refractivity contribution is 5.29. The Hall–Kier alpha value is -1.02. The van der Waals surface area contributed by atoms with Gasteiger partial charge in [-0.2, -0.15) is 0 Å². The van der Waals surface area contributed by atoms with Crippen molar-refractivity contribution in [1.29, 1.82) is 0 Å². The van der Waals surface area contributed by atoms with Crippen molar-refractivity contribution in [3.63, 3.8) is 0 Å². The highest BCUT2D eigenvalue weighted by atomic mass is 16.5. The van der Waals surface area contributed by atoms with E-state index in [-0.39, 0.29) is 0 Å². The molecule has 100 valence electrons. The fourth-order valence-corrected chi connectivity index (χ4v) is 2.61. The molecular weight excluding hydrogens is 222 g/mol. The number of benzene rings is 1. The maximum absolute atomic E-state index is 6.04. The van der Waals surface area contributed by atoms with E-state index < -0.39 is 0 Å². The van der Waals surface area contributed by atoms with Crippen LogP contribution in [0.25, 0.3) is 0 Å². The lowest BCUT2D eigenvalue weighted by atomic mass is 9.87. The normalized spacial score (nSPS) is 24.2. The van der Waals surface area contributed by atoms with Crippen LogP contribution in [0.2, 0.25) is 0 Å². The van der Waals surface area contributed by atoms with Crippen LogP contribution in [-0.4, -0.2) is 12.6 Å². The summed E-state index contributed by atoms with van der Waals surface area (Å²) in [4.78, 5) is 0. The molecule has 0 saturated heterocycles. The summed E-state index contributed by atoms with van der Waals surface area (Å²) >= 11 is 0. The first-order valence-electron chi connectivity index (χ1n) is 7.15. The van der Waals surface area contributed by atoms with Crippen LogP contribution in [0.1, 0.15) is 51.0 Å². The number of rotatable bonds is 4. The monoisotopic (exact) mass is 247 g/mol. The van der Waals surface area contributed by atoms with Gasteiger partial charge in [0.05, 0.1) is 6.10 Å². The van der Waals surface area contributed by atoms with Crippen molar-refractivity contribution in [2.75, 3.05) is 6.54 Å². The second kappa shape index (κ2) is 6.24. The second-order valence-electron chi connectivity index (χ2n) is 5.72. The smallest absolute Gasteiger partial charge is 0.119 e. The Morgan fingerprint density at radius 3 is 2.22 bits per heavy atom. The van der Waals surface area contributed by atoms with Crippen LogP contribution in [0.4, 0.5) is 0 Å².